The summed E-state index contributed by atoms with van der Waals surface area (Å²) in [5.41, 5.74) is 0.655. The fourth-order valence-corrected chi connectivity index (χ4v) is 7.15. The van der Waals surface area contributed by atoms with Gasteiger partial charge in [-0.2, -0.15) is 13.2 Å². The van der Waals surface area contributed by atoms with E-state index in [1.165, 1.54) is 10.4 Å². The Hall–Kier alpha value is -3.09. The summed E-state index contributed by atoms with van der Waals surface area (Å²) in [6, 6.07) is 8.60. The van der Waals surface area contributed by atoms with Crippen molar-refractivity contribution in [3.63, 3.8) is 0 Å². The van der Waals surface area contributed by atoms with E-state index in [1.807, 2.05) is 50.8 Å². The van der Waals surface area contributed by atoms with Crippen LogP contribution in [0.2, 0.25) is 0 Å². The number of hydrogen-bond donors (Lipinski definition) is 1. The molecule has 0 saturated heterocycles. The third kappa shape index (κ3) is 6.76. The van der Waals surface area contributed by atoms with Gasteiger partial charge in [-0.1, -0.05) is 12.1 Å². The number of likely N-dealkylation sites (N-methyl/N-ethyl adjacent to an activating group) is 1. The number of ether oxygens (including phenoxy) is 1. The van der Waals surface area contributed by atoms with Crippen molar-refractivity contribution in [3.8, 4) is 0 Å². The van der Waals surface area contributed by atoms with Crippen LogP contribution >= 0.6 is 0 Å². The van der Waals surface area contributed by atoms with Crippen LogP contribution in [0.3, 0.4) is 0 Å². The van der Waals surface area contributed by atoms with E-state index in [4.69, 9.17) is 4.74 Å². The Labute approximate surface area is 245 Å². The molecule has 0 aromatic heterocycles. The number of carbonyl (C=O) groups is 1. The lowest BCUT2D eigenvalue weighted by Gasteiger charge is -2.41. The van der Waals surface area contributed by atoms with Crippen LogP contribution in [-0.2, 0) is 25.7 Å². The topological polar surface area (TPSA) is 90.4 Å². The van der Waals surface area contributed by atoms with Gasteiger partial charge in [-0.15, -0.1) is 0 Å². The Balaban J connectivity index is 1.78. The summed E-state index contributed by atoms with van der Waals surface area (Å²) < 4.78 is 75.5. The maximum Gasteiger partial charge on any atom is 0.416 e. The molecule has 0 bridgehead atoms. The van der Waals surface area contributed by atoms with Crippen LogP contribution in [-0.4, -0.2) is 74.9 Å². The summed E-state index contributed by atoms with van der Waals surface area (Å²) in [7, 11) is -2.65. The molecule has 8 nitrogen and oxygen atoms in total. The lowest BCUT2D eigenvalue weighted by molar-refractivity contribution is -0.142. The number of benzene rings is 2. The maximum atomic E-state index is 13.9. The van der Waals surface area contributed by atoms with Crippen molar-refractivity contribution in [1.82, 2.24) is 4.90 Å². The number of anilines is 2. The molecule has 0 fully saturated rings. The first-order valence-electron chi connectivity index (χ1n) is 13.8. The van der Waals surface area contributed by atoms with E-state index in [0.29, 0.717) is 37.0 Å². The fourth-order valence-electron chi connectivity index (χ4n) is 5.64. The first-order valence-corrected chi connectivity index (χ1v) is 15.2. The van der Waals surface area contributed by atoms with Gasteiger partial charge in [0.25, 0.3) is 10.0 Å². The van der Waals surface area contributed by atoms with Gasteiger partial charge in [0.1, 0.15) is 6.04 Å². The van der Waals surface area contributed by atoms with Crippen LogP contribution < -0.4 is 9.21 Å². The van der Waals surface area contributed by atoms with Crippen LogP contribution in [0.4, 0.5) is 24.5 Å². The Bertz CT molecular complexity index is 1490. The summed E-state index contributed by atoms with van der Waals surface area (Å²) in [6.07, 6.45) is -2.10. The molecular formula is C30H38F3N3O5S. The van der Waals surface area contributed by atoms with Crippen molar-refractivity contribution >= 4 is 32.9 Å². The highest BCUT2D eigenvalue weighted by Gasteiger charge is 2.38. The number of carboxylic acid groups (broad SMARTS) is 1. The number of rotatable bonds is 8. The molecule has 2 aromatic carbocycles. The molecule has 1 N–H and O–H groups in total. The van der Waals surface area contributed by atoms with Gasteiger partial charge in [0.2, 0.25) is 0 Å². The molecule has 42 heavy (non-hydrogen) atoms. The first-order chi connectivity index (χ1) is 19.3. The van der Waals surface area contributed by atoms with Crippen molar-refractivity contribution in [3.05, 3.63) is 59.7 Å². The van der Waals surface area contributed by atoms with E-state index in [1.54, 1.807) is 24.9 Å². The molecular weight excluding hydrogens is 571 g/mol. The second kappa shape index (κ2) is 11.2. The zero-order chi connectivity index (χ0) is 31.3. The van der Waals surface area contributed by atoms with Gasteiger partial charge >= 0.3 is 12.1 Å². The maximum absolute atomic E-state index is 13.9. The number of fused-ring (bicyclic) bond motifs is 1. The smallest absolute Gasteiger partial charge is 0.416 e. The Morgan fingerprint density at radius 1 is 1.10 bits per heavy atom. The molecule has 230 valence electrons. The third-order valence-corrected chi connectivity index (χ3v) is 9.51. The van der Waals surface area contributed by atoms with Crippen molar-refractivity contribution in [2.45, 2.75) is 69.4 Å². The molecule has 0 radical (unpaired) electrons. The SMILES string of the molecule is CC(C(=O)O)N(C)CCN1CCN(S(=O)(=O)c2cccc(C(F)(F)F)c2)c2cc(C3=CC(C)(C)OC(C)(C)C3)ccc21. The Morgan fingerprint density at radius 3 is 2.40 bits per heavy atom. The van der Waals surface area contributed by atoms with Gasteiger partial charge in [-0.25, -0.2) is 8.42 Å². The molecule has 2 aliphatic rings. The molecule has 2 heterocycles. The van der Waals surface area contributed by atoms with Crippen LogP contribution in [0.25, 0.3) is 5.57 Å². The fraction of sp³-hybridized carbons (Fsp3) is 0.500. The summed E-state index contributed by atoms with van der Waals surface area (Å²) >= 11 is 0. The molecule has 0 aliphatic carbocycles. The van der Waals surface area contributed by atoms with Crippen LogP contribution in [0.1, 0.15) is 52.2 Å². The number of hydrogen-bond acceptors (Lipinski definition) is 6. The molecule has 2 aliphatic heterocycles. The molecule has 12 heteroatoms. The molecule has 4 rings (SSSR count). The van der Waals surface area contributed by atoms with E-state index in [-0.39, 0.29) is 13.1 Å². The Morgan fingerprint density at radius 2 is 1.79 bits per heavy atom. The second-order valence-electron chi connectivity index (χ2n) is 12.1. The van der Waals surface area contributed by atoms with Crippen LogP contribution in [0.15, 0.2) is 53.4 Å². The molecule has 0 amide bonds. The number of aliphatic carboxylic acids is 1. The highest BCUT2D eigenvalue weighted by molar-refractivity contribution is 7.92. The van der Waals surface area contributed by atoms with Crippen LogP contribution in [0, 0.1) is 0 Å². The quantitative estimate of drug-likeness (QED) is 0.424. The van der Waals surface area contributed by atoms with Gasteiger partial charge in [0, 0.05) is 26.1 Å². The predicted molar refractivity (Wildman–Crippen MR) is 156 cm³/mol. The molecule has 2 aromatic rings. The normalized spacial score (nSPS) is 19.3. The van der Waals surface area contributed by atoms with E-state index < -0.39 is 49.9 Å². The zero-order valence-corrected chi connectivity index (χ0v) is 25.5. The minimum atomic E-state index is -4.69. The predicted octanol–water partition coefficient (Wildman–Crippen LogP) is 5.49. The minimum Gasteiger partial charge on any atom is -0.480 e. The number of sulfonamides is 1. The van der Waals surface area contributed by atoms with Gasteiger partial charge in [0.15, 0.2) is 0 Å². The first kappa shape index (κ1) is 31.8. The standard InChI is InChI=1S/C30H38F3N3O5S/c1-20(27(37)38)34(6)12-13-35-14-15-36(42(39,40)24-9-7-8-23(17-24)30(31,32)33)26-16-21(10-11-25(26)35)22-18-28(2,3)41-29(4,5)19-22/h7-11,16-18,20H,12-15,19H2,1-6H3,(H,37,38). The Kier molecular flexibility index (Phi) is 8.49. The van der Waals surface area contributed by atoms with Crippen LogP contribution in [0.5, 0.6) is 0 Å². The molecule has 0 saturated carbocycles. The number of alkyl halides is 3. The van der Waals surface area contributed by atoms with Gasteiger partial charge in [-0.3, -0.25) is 14.0 Å². The summed E-state index contributed by atoms with van der Waals surface area (Å²) in [5, 5.41) is 9.36. The minimum absolute atomic E-state index is 0.00632. The average Bonchev–Trinajstić information content (AvgIpc) is 2.88. The lowest BCUT2D eigenvalue weighted by atomic mass is 9.85. The van der Waals surface area contributed by atoms with Crippen molar-refractivity contribution in [1.29, 1.82) is 0 Å². The number of halogens is 3. The van der Waals surface area contributed by atoms with E-state index in [9.17, 15) is 31.5 Å². The summed E-state index contributed by atoms with van der Waals surface area (Å²) in [4.78, 5) is 14.7. The summed E-state index contributed by atoms with van der Waals surface area (Å²) in [5.74, 6) is -0.949. The van der Waals surface area contributed by atoms with Gasteiger partial charge < -0.3 is 14.7 Å². The largest absolute Gasteiger partial charge is 0.480 e. The highest BCUT2D eigenvalue weighted by Crippen LogP contribution is 2.43. The highest BCUT2D eigenvalue weighted by atomic mass is 32.2. The number of nitrogens with zero attached hydrogens (tertiary/aromatic N) is 3. The average molecular weight is 610 g/mol. The lowest BCUT2D eigenvalue weighted by Crippen LogP contribution is -2.47. The van der Waals surface area contributed by atoms with Crippen molar-refractivity contribution in [2.75, 3.05) is 42.4 Å². The van der Waals surface area contributed by atoms with Crippen molar-refractivity contribution in [2.24, 2.45) is 0 Å². The van der Waals surface area contributed by atoms with E-state index in [0.717, 1.165) is 23.3 Å². The van der Waals surface area contributed by atoms with E-state index >= 15 is 0 Å². The van der Waals surface area contributed by atoms with Crippen molar-refractivity contribution < 1.29 is 36.2 Å². The van der Waals surface area contributed by atoms with E-state index in [2.05, 4.69) is 0 Å². The van der Waals surface area contributed by atoms with Gasteiger partial charge in [0.05, 0.1) is 39.6 Å². The summed E-state index contributed by atoms with van der Waals surface area (Å²) in [6.45, 7) is 10.6. The number of carboxylic acids is 1. The van der Waals surface area contributed by atoms with Gasteiger partial charge in [-0.05, 0) is 89.2 Å². The molecule has 1 unspecified atom stereocenters. The molecule has 0 spiro atoms. The third-order valence-electron chi connectivity index (χ3n) is 7.70. The molecule has 1 atom stereocenters. The second-order valence-corrected chi connectivity index (χ2v) is 14.0. The zero-order valence-electron chi connectivity index (χ0n) is 24.7. The monoisotopic (exact) mass is 609 g/mol.